The van der Waals surface area contributed by atoms with Gasteiger partial charge in [0.2, 0.25) is 35.7 Å². The van der Waals surface area contributed by atoms with Crippen LogP contribution in [0.15, 0.2) is 41.9 Å². The van der Waals surface area contributed by atoms with E-state index in [1.165, 1.54) is 0 Å². The minimum atomic E-state index is 0.226. The number of nitrogens with zero attached hydrogens (tertiary/aromatic N) is 21. The highest BCUT2D eigenvalue weighted by molar-refractivity contribution is 9.10. The Labute approximate surface area is 476 Å². The second kappa shape index (κ2) is 24.8. The van der Waals surface area contributed by atoms with Gasteiger partial charge in [-0.25, -0.2) is 59.8 Å². The molecule has 12 heterocycles. The summed E-state index contributed by atoms with van der Waals surface area (Å²) in [6.45, 7) is 25.6. The lowest BCUT2D eigenvalue weighted by Gasteiger charge is -2.27. The first-order valence-corrected chi connectivity index (χ1v) is 28.3. The molecule has 2 atom stereocenters. The van der Waals surface area contributed by atoms with Gasteiger partial charge in [-0.3, -0.25) is 0 Å². The van der Waals surface area contributed by atoms with Gasteiger partial charge in [0.05, 0.1) is 39.6 Å². The van der Waals surface area contributed by atoms with Crippen LogP contribution < -0.4 is 31.9 Å². The van der Waals surface area contributed by atoms with E-state index >= 15 is 0 Å². The molecule has 81 heavy (non-hydrogen) atoms. The molecule has 426 valence electrons. The summed E-state index contributed by atoms with van der Waals surface area (Å²) in [6, 6.07) is 0.776. The number of aromatic nitrogens is 18. The number of anilines is 6. The molecule has 12 rings (SSSR count). The fourth-order valence-electron chi connectivity index (χ4n) is 9.79. The SMILES string of the molecule is CCC(C)n1c(Br)nc2c(-c3cnc(N)nc3)nc(N3CCOCC3)nc21.CCC(C)n1c(C)nc2c(-c3cnc(N)nc3)nc(N3CCOCC3)nc21.CCc1nc2c(-c3cnc(N)nc3)nc(N3CCOCC3)nc2n1C(C)C. The molecule has 28 heteroatoms. The molecule has 3 aliphatic heterocycles. The number of hydrogen-bond acceptors (Lipinski definition) is 24. The summed E-state index contributed by atoms with van der Waals surface area (Å²) in [6.07, 6.45) is 12.9. The summed E-state index contributed by atoms with van der Waals surface area (Å²) in [7, 11) is 0. The molecule has 27 nitrogen and oxygen atoms in total. The number of nitrogen functional groups attached to an aromatic ring is 3. The fourth-order valence-corrected chi connectivity index (χ4v) is 10.5. The number of rotatable bonds is 12. The molecule has 2 unspecified atom stereocenters. The Balaban J connectivity index is 0.000000136. The molecule has 9 aromatic heterocycles. The summed E-state index contributed by atoms with van der Waals surface area (Å²) < 4.78 is 23.6. The van der Waals surface area contributed by atoms with Gasteiger partial charge < -0.3 is 59.8 Å². The van der Waals surface area contributed by atoms with Gasteiger partial charge in [0.25, 0.3) is 0 Å². The number of fused-ring (bicyclic) bond motifs is 3. The van der Waals surface area contributed by atoms with Crippen LogP contribution in [-0.2, 0) is 20.6 Å². The zero-order chi connectivity index (χ0) is 56.9. The molecular weight excluding hydrogens is 1100 g/mol. The second-order valence-electron chi connectivity index (χ2n) is 20.1. The third kappa shape index (κ3) is 11.9. The van der Waals surface area contributed by atoms with E-state index in [0.29, 0.717) is 68.7 Å². The molecule has 0 spiro atoms. The molecule has 9 aromatic rings. The van der Waals surface area contributed by atoms with Gasteiger partial charge in [0, 0.05) is 118 Å². The minimum Gasteiger partial charge on any atom is -0.378 e. The highest BCUT2D eigenvalue weighted by Crippen LogP contribution is 2.35. The number of hydrogen-bond donors (Lipinski definition) is 3. The molecule has 3 aliphatic rings. The van der Waals surface area contributed by atoms with Gasteiger partial charge >= 0.3 is 0 Å². The summed E-state index contributed by atoms with van der Waals surface area (Å²) >= 11 is 3.59. The second-order valence-corrected chi connectivity index (χ2v) is 20.8. The van der Waals surface area contributed by atoms with Gasteiger partial charge in [0.1, 0.15) is 45.3 Å². The molecule has 0 radical (unpaired) electrons. The van der Waals surface area contributed by atoms with E-state index in [2.05, 4.69) is 123 Å². The molecule has 0 saturated carbocycles. The standard InChI is InChI=1S/2C18H24N8O.C17H21BrN8O/c1-4-11(2)26-12(3)22-15-14(13-9-20-17(19)21-10-13)23-18(24-16(15)26)25-5-7-27-8-6-25;1-4-13-22-15-14(12-9-20-17(19)21-10-12)23-18(25-5-7-27-8-6-25)24-16(15)26(13)11(2)3;1-3-10(2)26-14-13(22-15(26)18)12(11-8-20-16(19)21-9-11)23-17(24-14)25-4-6-27-7-5-25/h2*9-11H,4-8H2,1-3H3,(H2,19,20,21);8-10H,3-7H2,1-2H3,(H2,19,20,21). The van der Waals surface area contributed by atoms with E-state index in [-0.39, 0.29) is 36.0 Å². The first kappa shape index (κ1) is 56.3. The van der Waals surface area contributed by atoms with Gasteiger partial charge in [-0.2, -0.15) is 15.0 Å². The van der Waals surface area contributed by atoms with Gasteiger partial charge in [0.15, 0.2) is 21.7 Å². The lowest BCUT2D eigenvalue weighted by molar-refractivity contribution is 0.122. The van der Waals surface area contributed by atoms with Crippen molar-refractivity contribution in [1.82, 2.24) is 88.5 Å². The number of imidazole rings is 3. The van der Waals surface area contributed by atoms with Crippen LogP contribution in [0.4, 0.5) is 35.7 Å². The molecule has 0 aromatic carbocycles. The number of ether oxygens (including phenoxy) is 3. The first-order chi connectivity index (χ1) is 39.2. The molecular formula is C53H69BrN24O3. The normalized spacial score (nSPS) is 15.7. The number of halogens is 1. The zero-order valence-corrected chi connectivity index (χ0v) is 48.6. The van der Waals surface area contributed by atoms with Gasteiger partial charge in [-0.05, 0) is 63.4 Å². The van der Waals surface area contributed by atoms with Crippen molar-refractivity contribution >= 4 is 85.1 Å². The van der Waals surface area contributed by atoms with Crippen LogP contribution >= 0.6 is 15.9 Å². The molecule has 3 fully saturated rings. The van der Waals surface area contributed by atoms with Crippen LogP contribution in [0.25, 0.3) is 67.3 Å². The Morgan fingerprint density at radius 2 is 0.790 bits per heavy atom. The lowest BCUT2D eigenvalue weighted by Crippen LogP contribution is -2.37. The Morgan fingerprint density at radius 3 is 1.15 bits per heavy atom. The molecule has 0 amide bonds. The van der Waals surface area contributed by atoms with Crippen LogP contribution in [0.3, 0.4) is 0 Å². The number of morpholine rings is 3. The molecule has 6 N–H and O–H groups in total. The van der Waals surface area contributed by atoms with Gasteiger partial charge in [-0.1, -0.05) is 20.8 Å². The van der Waals surface area contributed by atoms with Crippen LogP contribution in [-0.4, -0.2) is 167 Å². The van der Waals surface area contributed by atoms with Crippen molar-refractivity contribution in [3.63, 3.8) is 0 Å². The number of aryl methyl sites for hydroxylation is 2. The van der Waals surface area contributed by atoms with E-state index in [1.807, 2.05) is 6.92 Å². The molecule has 0 aliphatic carbocycles. The predicted molar refractivity (Wildman–Crippen MR) is 314 cm³/mol. The topological polar surface area (TPSA) is 324 Å². The average molecular weight is 1170 g/mol. The van der Waals surface area contributed by atoms with Crippen molar-refractivity contribution in [3.05, 3.63) is 53.6 Å². The van der Waals surface area contributed by atoms with E-state index in [1.54, 1.807) is 37.2 Å². The third-order valence-electron chi connectivity index (χ3n) is 14.4. The van der Waals surface area contributed by atoms with Crippen LogP contribution in [0.1, 0.15) is 91.1 Å². The Morgan fingerprint density at radius 1 is 0.457 bits per heavy atom. The van der Waals surface area contributed by atoms with E-state index in [4.69, 9.17) is 76.3 Å². The van der Waals surface area contributed by atoms with E-state index in [9.17, 15) is 0 Å². The third-order valence-corrected chi connectivity index (χ3v) is 15.0. The Hall–Kier alpha value is -7.95. The smallest absolute Gasteiger partial charge is 0.228 e. The summed E-state index contributed by atoms with van der Waals surface area (Å²) in [4.78, 5) is 74.6. The average Bonchev–Trinajstić information content (AvgIpc) is 4.37. The Bertz CT molecular complexity index is 3440. The largest absolute Gasteiger partial charge is 0.378 e. The zero-order valence-electron chi connectivity index (χ0n) is 47.0. The fraction of sp³-hybridized carbons (Fsp3) is 0.491. The maximum Gasteiger partial charge on any atom is 0.228 e. The quantitative estimate of drug-likeness (QED) is 0.114. The summed E-state index contributed by atoms with van der Waals surface area (Å²) in [5, 5.41) is 0. The number of nitrogens with two attached hydrogens (primary N) is 3. The first-order valence-electron chi connectivity index (χ1n) is 27.5. The highest BCUT2D eigenvalue weighted by Gasteiger charge is 2.27. The molecule has 0 bridgehead atoms. The van der Waals surface area contributed by atoms with E-state index in [0.717, 1.165) is 131 Å². The maximum atomic E-state index is 5.66. The van der Waals surface area contributed by atoms with Crippen molar-refractivity contribution in [2.75, 3.05) is 111 Å². The predicted octanol–water partition coefficient (Wildman–Crippen LogP) is 6.26. The lowest BCUT2D eigenvalue weighted by atomic mass is 10.2. The van der Waals surface area contributed by atoms with Crippen molar-refractivity contribution in [2.45, 2.75) is 92.8 Å². The van der Waals surface area contributed by atoms with Crippen molar-refractivity contribution < 1.29 is 14.2 Å². The van der Waals surface area contributed by atoms with Crippen molar-refractivity contribution in [1.29, 1.82) is 0 Å². The monoisotopic (exact) mass is 1170 g/mol. The van der Waals surface area contributed by atoms with Crippen molar-refractivity contribution in [2.24, 2.45) is 0 Å². The van der Waals surface area contributed by atoms with Gasteiger partial charge in [-0.15, -0.1) is 0 Å². The Kier molecular flexibility index (Phi) is 17.3. The van der Waals surface area contributed by atoms with E-state index < -0.39 is 0 Å². The molecule has 3 saturated heterocycles. The van der Waals surface area contributed by atoms with Crippen LogP contribution in [0.2, 0.25) is 0 Å². The summed E-state index contributed by atoms with van der Waals surface area (Å²) in [5.41, 5.74) is 26.1. The maximum absolute atomic E-state index is 5.66. The van der Waals surface area contributed by atoms with Crippen LogP contribution in [0, 0.1) is 6.92 Å². The minimum absolute atomic E-state index is 0.226. The highest BCUT2D eigenvalue weighted by atomic mass is 79.9. The summed E-state index contributed by atoms with van der Waals surface area (Å²) in [5.74, 6) is 4.64. The van der Waals surface area contributed by atoms with Crippen molar-refractivity contribution in [3.8, 4) is 33.8 Å². The van der Waals surface area contributed by atoms with Crippen LogP contribution in [0.5, 0.6) is 0 Å².